The molecule has 0 saturated carbocycles. The lowest BCUT2D eigenvalue weighted by Crippen LogP contribution is -2.16. The zero-order chi connectivity index (χ0) is 14.9. The van der Waals surface area contributed by atoms with E-state index in [0.717, 1.165) is 29.9 Å². The lowest BCUT2D eigenvalue weighted by atomic mass is 10.1. The first-order valence-corrected chi connectivity index (χ1v) is 8.37. The van der Waals surface area contributed by atoms with Crippen LogP contribution in [0.15, 0.2) is 6.07 Å². The molecule has 110 valence electrons. The maximum Gasteiger partial charge on any atom is 0.0992 e. The van der Waals surface area contributed by atoms with E-state index in [1.807, 2.05) is 24.6 Å². The van der Waals surface area contributed by atoms with E-state index in [0.29, 0.717) is 20.1 Å². The van der Waals surface area contributed by atoms with Crippen LogP contribution in [0.25, 0.3) is 0 Å². The van der Waals surface area contributed by atoms with Crippen LogP contribution < -0.4 is 5.73 Å². The van der Waals surface area contributed by atoms with Crippen LogP contribution in [0.4, 0.5) is 0 Å². The van der Waals surface area contributed by atoms with E-state index in [1.165, 1.54) is 11.3 Å². The van der Waals surface area contributed by atoms with Crippen molar-refractivity contribution in [2.24, 2.45) is 5.73 Å². The lowest BCUT2D eigenvalue weighted by molar-refractivity contribution is 0.586. The number of rotatable bonds is 5. The topological polar surface area (TPSA) is 43.8 Å². The van der Waals surface area contributed by atoms with Gasteiger partial charge >= 0.3 is 0 Å². The van der Waals surface area contributed by atoms with Gasteiger partial charge in [0.1, 0.15) is 0 Å². The Morgan fingerprint density at radius 1 is 1.35 bits per heavy atom. The predicted octanol–water partition coefficient (Wildman–Crippen LogP) is 4.73. The van der Waals surface area contributed by atoms with Crippen molar-refractivity contribution < 1.29 is 0 Å². The van der Waals surface area contributed by atoms with Gasteiger partial charge in [0.15, 0.2) is 0 Å². The first-order valence-electron chi connectivity index (χ1n) is 6.42. The van der Waals surface area contributed by atoms with Crippen LogP contribution in [-0.2, 0) is 19.4 Å². The fourth-order valence-electron chi connectivity index (χ4n) is 2.14. The van der Waals surface area contributed by atoms with Crippen LogP contribution >= 0.6 is 46.1 Å². The monoisotopic (exact) mass is 351 g/mol. The summed E-state index contributed by atoms with van der Waals surface area (Å²) in [6, 6.07) is 1.58. The number of hydrogen-bond donors (Lipinski definition) is 1. The molecule has 2 aromatic rings. The molecule has 0 radical (unpaired) electrons. The van der Waals surface area contributed by atoms with Gasteiger partial charge in [-0.3, -0.25) is 4.68 Å². The molecule has 0 fully saturated rings. The molecule has 0 aliphatic heterocycles. The zero-order valence-electron chi connectivity index (χ0n) is 11.3. The average Bonchev–Trinajstić information content (AvgIpc) is 2.90. The molecule has 0 aliphatic rings. The number of nitrogens with zero attached hydrogens (tertiary/aromatic N) is 2. The first-order chi connectivity index (χ1) is 9.47. The van der Waals surface area contributed by atoms with E-state index in [9.17, 15) is 0 Å². The van der Waals surface area contributed by atoms with Crippen molar-refractivity contribution in [3.8, 4) is 0 Å². The quantitative estimate of drug-likeness (QED) is 0.845. The molecule has 0 saturated heterocycles. The van der Waals surface area contributed by atoms with Gasteiger partial charge in [-0.05, 0) is 19.4 Å². The highest BCUT2D eigenvalue weighted by Crippen LogP contribution is 2.36. The minimum atomic E-state index is -0.240. The Bertz CT molecular complexity index is 606. The Morgan fingerprint density at radius 3 is 2.55 bits per heavy atom. The van der Waals surface area contributed by atoms with Gasteiger partial charge in [-0.15, -0.1) is 11.3 Å². The van der Waals surface area contributed by atoms with Gasteiger partial charge in [-0.2, -0.15) is 5.10 Å². The van der Waals surface area contributed by atoms with Crippen LogP contribution in [0.1, 0.15) is 36.8 Å². The second-order valence-corrected chi connectivity index (χ2v) is 7.13. The minimum Gasteiger partial charge on any atom is -0.324 e. The molecule has 0 bridgehead atoms. The summed E-state index contributed by atoms with van der Waals surface area (Å²) >= 11 is 19.8. The van der Waals surface area contributed by atoms with Gasteiger partial charge in [0.05, 0.1) is 25.1 Å². The third-order valence-corrected chi connectivity index (χ3v) is 5.14. The smallest absolute Gasteiger partial charge is 0.0992 e. The molecule has 2 N–H and O–H groups in total. The minimum absolute atomic E-state index is 0.240. The van der Waals surface area contributed by atoms with Gasteiger partial charge in [0.2, 0.25) is 0 Å². The van der Waals surface area contributed by atoms with Crippen LogP contribution in [0, 0.1) is 0 Å². The standard InChI is InChI=1S/C13H16Cl3N3S/c1-3-9-12(15)10(19(4-2)18-9)6-8(17)7-5-11(14)20-13(7)16/h5,8H,3-4,6,17H2,1-2H3. The Kier molecular flexibility index (Phi) is 5.37. The van der Waals surface area contributed by atoms with Crippen LogP contribution in [-0.4, -0.2) is 9.78 Å². The largest absolute Gasteiger partial charge is 0.324 e. The number of aromatic nitrogens is 2. The third-order valence-electron chi connectivity index (χ3n) is 3.19. The Hall–Kier alpha value is -0.260. The number of hydrogen-bond acceptors (Lipinski definition) is 3. The molecule has 2 aromatic heterocycles. The molecule has 1 unspecified atom stereocenters. The van der Waals surface area contributed by atoms with Crippen molar-refractivity contribution in [1.82, 2.24) is 9.78 Å². The molecule has 1 atom stereocenters. The summed E-state index contributed by atoms with van der Waals surface area (Å²) in [6.07, 6.45) is 1.39. The van der Waals surface area contributed by atoms with E-state index in [1.54, 1.807) is 0 Å². The predicted molar refractivity (Wildman–Crippen MR) is 87.3 cm³/mol. The fourth-order valence-corrected chi connectivity index (χ4v) is 4.08. The normalized spacial score (nSPS) is 12.9. The molecule has 20 heavy (non-hydrogen) atoms. The third kappa shape index (κ3) is 3.15. The van der Waals surface area contributed by atoms with Crippen molar-refractivity contribution in [1.29, 1.82) is 0 Å². The van der Waals surface area contributed by atoms with Crippen molar-refractivity contribution in [3.05, 3.63) is 36.7 Å². The van der Waals surface area contributed by atoms with Crippen molar-refractivity contribution in [3.63, 3.8) is 0 Å². The fraction of sp³-hybridized carbons (Fsp3) is 0.462. The number of aryl methyl sites for hydroxylation is 2. The maximum atomic E-state index is 6.39. The van der Waals surface area contributed by atoms with E-state index in [2.05, 4.69) is 5.10 Å². The molecule has 0 spiro atoms. The highest BCUT2D eigenvalue weighted by molar-refractivity contribution is 7.20. The molecular weight excluding hydrogens is 337 g/mol. The van der Waals surface area contributed by atoms with Crippen LogP contribution in [0.2, 0.25) is 13.7 Å². The Labute approximate surface area is 137 Å². The maximum absolute atomic E-state index is 6.39. The van der Waals surface area contributed by atoms with Crippen molar-refractivity contribution in [2.45, 2.75) is 39.3 Å². The molecule has 3 nitrogen and oxygen atoms in total. The van der Waals surface area contributed by atoms with Crippen LogP contribution in [0.3, 0.4) is 0 Å². The summed E-state index contributed by atoms with van der Waals surface area (Å²) in [4.78, 5) is 0. The van der Waals surface area contributed by atoms with Gasteiger partial charge in [-0.1, -0.05) is 41.7 Å². The molecule has 2 heterocycles. The highest BCUT2D eigenvalue weighted by atomic mass is 35.5. The Balaban J connectivity index is 2.29. The van der Waals surface area contributed by atoms with Gasteiger partial charge in [-0.25, -0.2) is 0 Å². The second kappa shape index (κ2) is 6.67. The summed E-state index contributed by atoms with van der Waals surface area (Å²) in [5.41, 5.74) is 8.97. The molecule has 7 heteroatoms. The Morgan fingerprint density at radius 2 is 2.05 bits per heavy atom. The molecular formula is C13H16Cl3N3S. The number of nitrogens with two attached hydrogens (primary N) is 1. The van der Waals surface area contributed by atoms with Gasteiger partial charge in [0, 0.05) is 24.6 Å². The van der Waals surface area contributed by atoms with E-state index in [4.69, 9.17) is 40.5 Å². The zero-order valence-corrected chi connectivity index (χ0v) is 14.4. The summed E-state index contributed by atoms with van der Waals surface area (Å²) in [5.74, 6) is 0. The average molecular weight is 353 g/mol. The first kappa shape index (κ1) is 16.1. The summed E-state index contributed by atoms with van der Waals surface area (Å²) in [7, 11) is 0. The van der Waals surface area contributed by atoms with Gasteiger partial charge < -0.3 is 5.73 Å². The van der Waals surface area contributed by atoms with E-state index in [-0.39, 0.29) is 6.04 Å². The van der Waals surface area contributed by atoms with Crippen molar-refractivity contribution in [2.75, 3.05) is 0 Å². The summed E-state index contributed by atoms with van der Waals surface area (Å²) in [5, 5.41) is 5.20. The second-order valence-electron chi connectivity index (χ2n) is 4.47. The summed E-state index contributed by atoms with van der Waals surface area (Å²) < 4.78 is 3.19. The van der Waals surface area contributed by atoms with E-state index < -0.39 is 0 Å². The SMILES string of the molecule is CCc1nn(CC)c(CC(N)c2cc(Cl)sc2Cl)c1Cl. The summed E-state index contributed by atoms with van der Waals surface area (Å²) in [6.45, 7) is 4.83. The van der Waals surface area contributed by atoms with Crippen molar-refractivity contribution >= 4 is 46.1 Å². The van der Waals surface area contributed by atoms with E-state index >= 15 is 0 Å². The number of thiophene rings is 1. The molecule has 0 amide bonds. The van der Waals surface area contributed by atoms with Gasteiger partial charge in [0.25, 0.3) is 0 Å². The number of halogens is 3. The molecule has 0 aromatic carbocycles. The van der Waals surface area contributed by atoms with Crippen LogP contribution in [0.5, 0.6) is 0 Å². The highest BCUT2D eigenvalue weighted by Gasteiger charge is 2.20. The molecule has 0 aliphatic carbocycles. The molecule has 2 rings (SSSR count). The lowest BCUT2D eigenvalue weighted by Gasteiger charge is -2.12.